The number of rotatable bonds is 6. The number of nitrogens with zero attached hydrogens (tertiary/aromatic N) is 1. The van der Waals surface area contributed by atoms with Gasteiger partial charge in [-0.25, -0.2) is 4.98 Å². The molecule has 1 atom stereocenters. The molecule has 3 rings (SSSR count). The third-order valence-electron chi connectivity index (χ3n) is 4.54. The molecule has 0 radical (unpaired) electrons. The quantitative estimate of drug-likeness (QED) is 0.781. The predicted molar refractivity (Wildman–Crippen MR) is 105 cm³/mol. The first-order chi connectivity index (χ1) is 12.9. The fourth-order valence-corrected chi connectivity index (χ4v) is 3.24. The number of carbonyl (C=O) groups excluding carboxylic acids is 1. The SMILES string of the molecule is CC(C)(C)OCCOc1ccc(C(=O)NC2CCCc3ccccc32)cn1. The van der Waals surface area contributed by atoms with Crippen molar-refractivity contribution in [1.82, 2.24) is 10.3 Å². The number of pyridine rings is 1. The van der Waals surface area contributed by atoms with Crippen molar-refractivity contribution in [3.05, 3.63) is 59.3 Å². The maximum atomic E-state index is 12.6. The molecule has 2 aromatic rings. The molecule has 27 heavy (non-hydrogen) atoms. The molecule has 0 bridgehead atoms. The number of hydrogen-bond acceptors (Lipinski definition) is 4. The van der Waals surface area contributed by atoms with Crippen molar-refractivity contribution in [3.63, 3.8) is 0 Å². The Labute approximate surface area is 161 Å². The van der Waals surface area contributed by atoms with Gasteiger partial charge in [-0.3, -0.25) is 4.79 Å². The highest BCUT2D eigenvalue weighted by atomic mass is 16.5. The normalized spacial score (nSPS) is 16.5. The number of benzene rings is 1. The molecular formula is C22H28N2O3. The highest BCUT2D eigenvalue weighted by Gasteiger charge is 2.22. The molecule has 0 spiro atoms. The van der Waals surface area contributed by atoms with Crippen molar-refractivity contribution in [1.29, 1.82) is 0 Å². The number of amides is 1. The lowest BCUT2D eigenvalue weighted by Gasteiger charge is -2.26. The number of ether oxygens (including phenoxy) is 2. The first-order valence-electron chi connectivity index (χ1n) is 9.54. The zero-order valence-corrected chi connectivity index (χ0v) is 16.3. The largest absolute Gasteiger partial charge is 0.475 e. The fourth-order valence-electron chi connectivity index (χ4n) is 3.24. The van der Waals surface area contributed by atoms with E-state index in [4.69, 9.17) is 9.47 Å². The molecule has 0 saturated carbocycles. The van der Waals surface area contributed by atoms with Crippen LogP contribution in [0.15, 0.2) is 42.6 Å². The maximum absolute atomic E-state index is 12.6. The summed E-state index contributed by atoms with van der Waals surface area (Å²) in [4.78, 5) is 16.8. The molecule has 1 aliphatic rings. The third-order valence-corrected chi connectivity index (χ3v) is 4.54. The van der Waals surface area contributed by atoms with E-state index in [1.54, 1.807) is 18.3 Å². The Morgan fingerprint density at radius 2 is 2.00 bits per heavy atom. The monoisotopic (exact) mass is 368 g/mol. The van der Waals surface area contributed by atoms with Gasteiger partial charge in [-0.1, -0.05) is 24.3 Å². The second-order valence-corrected chi connectivity index (χ2v) is 7.81. The Morgan fingerprint density at radius 1 is 1.19 bits per heavy atom. The summed E-state index contributed by atoms with van der Waals surface area (Å²) in [5.74, 6) is 0.388. The topological polar surface area (TPSA) is 60.5 Å². The zero-order chi connectivity index (χ0) is 19.3. The first kappa shape index (κ1) is 19.4. The summed E-state index contributed by atoms with van der Waals surface area (Å²) < 4.78 is 11.2. The van der Waals surface area contributed by atoms with Crippen LogP contribution in [-0.2, 0) is 11.2 Å². The summed E-state index contributed by atoms with van der Waals surface area (Å²) in [6.07, 6.45) is 4.69. The highest BCUT2D eigenvalue weighted by molar-refractivity contribution is 5.94. The van der Waals surface area contributed by atoms with Crippen molar-refractivity contribution in [2.45, 2.75) is 51.7 Å². The Bertz CT molecular complexity index is 766. The summed E-state index contributed by atoms with van der Waals surface area (Å²) >= 11 is 0. The van der Waals surface area contributed by atoms with E-state index in [-0.39, 0.29) is 17.6 Å². The van der Waals surface area contributed by atoms with E-state index in [1.807, 2.05) is 26.8 Å². The van der Waals surface area contributed by atoms with E-state index in [2.05, 4.69) is 28.5 Å². The van der Waals surface area contributed by atoms with Gasteiger partial charge in [0, 0.05) is 12.3 Å². The number of hydrogen-bond donors (Lipinski definition) is 1. The molecular weight excluding hydrogens is 340 g/mol. The van der Waals surface area contributed by atoms with Crippen LogP contribution in [0.4, 0.5) is 0 Å². The van der Waals surface area contributed by atoms with Gasteiger partial charge in [0.05, 0.1) is 23.8 Å². The number of aromatic nitrogens is 1. The van der Waals surface area contributed by atoms with Crippen LogP contribution in [0.2, 0.25) is 0 Å². The minimum atomic E-state index is -0.184. The van der Waals surface area contributed by atoms with E-state index in [0.29, 0.717) is 24.7 Å². The molecule has 1 aromatic heterocycles. The Hall–Kier alpha value is -2.40. The number of fused-ring (bicyclic) bond motifs is 1. The lowest BCUT2D eigenvalue weighted by molar-refractivity contribution is -0.0168. The lowest BCUT2D eigenvalue weighted by Crippen LogP contribution is -2.31. The summed E-state index contributed by atoms with van der Waals surface area (Å²) in [7, 11) is 0. The summed E-state index contributed by atoms with van der Waals surface area (Å²) in [5.41, 5.74) is 2.91. The van der Waals surface area contributed by atoms with E-state index in [0.717, 1.165) is 19.3 Å². The first-order valence-corrected chi connectivity index (χ1v) is 9.54. The Kier molecular flexibility index (Phi) is 6.11. The van der Waals surface area contributed by atoms with E-state index in [1.165, 1.54) is 11.1 Å². The van der Waals surface area contributed by atoms with Crippen LogP contribution in [0.5, 0.6) is 5.88 Å². The standard InChI is InChI=1S/C22H28N2O3/c1-22(2,3)27-14-13-26-20-12-11-17(15-23-20)21(25)24-19-10-6-8-16-7-4-5-9-18(16)19/h4-5,7,9,11-12,15,19H,6,8,10,13-14H2,1-3H3,(H,24,25). The zero-order valence-electron chi connectivity index (χ0n) is 16.3. The van der Waals surface area contributed by atoms with Crippen molar-refractivity contribution in [2.75, 3.05) is 13.2 Å². The van der Waals surface area contributed by atoms with Gasteiger partial charge in [-0.2, -0.15) is 0 Å². The molecule has 1 heterocycles. The van der Waals surface area contributed by atoms with Crippen LogP contribution in [0, 0.1) is 0 Å². The molecule has 5 heteroatoms. The Morgan fingerprint density at radius 3 is 2.74 bits per heavy atom. The molecule has 144 valence electrons. The Balaban J connectivity index is 1.54. The second-order valence-electron chi connectivity index (χ2n) is 7.81. The van der Waals surface area contributed by atoms with Crippen molar-refractivity contribution in [2.24, 2.45) is 0 Å². The van der Waals surface area contributed by atoms with Gasteiger partial charge < -0.3 is 14.8 Å². The van der Waals surface area contributed by atoms with Gasteiger partial charge in [0.1, 0.15) is 6.61 Å². The molecule has 5 nitrogen and oxygen atoms in total. The smallest absolute Gasteiger partial charge is 0.253 e. The summed E-state index contributed by atoms with van der Waals surface area (Å²) in [5, 5.41) is 3.14. The average Bonchev–Trinajstić information content (AvgIpc) is 2.65. The van der Waals surface area contributed by atoms with Gasteiger partial charge >= 0.3 is 0 Å². The molecule has 1 aliphatic carbocycles. The average molecular weight is 368 g/mol. The number of nitrogens with one attached hydrogen (secondary N) is 1. The van der Waals surface area contributed by atoms with Crippen molar-refractivity contribution in [3.8, 4) is 5.88 Å². The van der Waals surface area contributed by atoms with Crippen molar-refractivity contribution >= 4 is 5.91 Å². The summed E-state index contributed by atoms with van der Waals surface area (Å²) in [6.45, 7) is 6.93. The number of carbonyl (C=O) groups is 1. The fraction of sp³-hybridized carbons (Fsp3) is 0.455. The van der Waals surface area contributed by atoms with Crippen LogP contribution >= 0.6 is 0 Å². The van der Waals surface area contributed by atoms with Gasteiger partial charge in [0.25, 0.3) is 5.91 Å². The minimum Gasteiger partial charge on any atom is -0.475 e. The minimum absolute atomic E-state index is 0.0629. The van der Waals surface area contributed by atoms with Gasteiger partial charge in [0.15, 0.2) is 0 Å². The van der Waals surface area contributed by atoms with Crippen LogP contribution in [0.1, 0.15) is 61.1 Å². The van der Waals surface area contributed by atoms with Gasteiger partial charge in [-0.15, -0.1) is 0 Å². The maximum Gasteiger partial charge on any atom is 0.253 e. The third kappa shape index (κ3) is 5.54. The van der Waals surface area contributed by atoms with Crippen molar-refractivity contribution < 1.29 is 14.3 Å². The molecule has 1 amide bonds. The van der Waals surface area contributed by atoms with Crippen LogP contribution in [0.3, 0.4) is 0 Å². The summed E-state index contributed by atoms with van der Waals surface area (Å²) in [6, 6.07) is 11.9. The van der Waals surface area contributed by atoms with Crippen LogP contribution in [0.25, 0.3) is 0 Å². The predicted octanol–water partition coefficient (Wildman–Crippen LogP) is 4.08. The highest BCUT2D eigenvalue weighted by Crippen LogP contribution is 2.29. The van der Waals surface area contributed by atoms with Gasteiger partial charge in [-0.05, 0) is 57.2 Å². The molecule has 1 N–H and O–H groups in total. The molecule has 0 saturated heterocycles. The van der Waals surface area contributed by atoms with E-state index < -0.39 is 0 Å². The van der Waals surface area contributed by atoms with Crippen LogP contribution < -0.4 is 10.1 Å². The molecule has 1 aromatic carbocycles. The second kappa shape index (κ2) is 8.53. The van der Waals surface area contributed by atoms with E-state index >= 15 is 0 Å². The lowest BCUT2D eigenvalue weighted by atomic mass is 9.87. The molecule has 0 fully saturated rings. The van der Waals surface area contributed by atoms with Gasteiger partial charge in [0.2, 0.25) is 5.88 Å². The number of aryl methyl sites for hydroxylation is 1. The molecule has 0 aliphatic heterocycles. The molecule has 1 unspecified atom stereocenters. The van der Waals surface area contributed by atoms with E-state index in [9.17, 15) is 4.79 Å². The van der Waals surface area contributed by atoms with Crippen LogP contribution in [-0.4, -0.2) is 29.7 Å².